The molecule has 0 unspecified atom stereocenters. The molecule has 0 aliphatic rings. The minimum atomic E-state index is 0.589. The summed E-state index contributed by atoms with van der Waals surface area (Å²) >= 11 is 0. The van der Waals surface area contributed by atoms with Gasteiger partial charge in [-0.05, 0) is 46.2 Å². The molecule has 2 heterocycles. The van der Waals surface area contributed by atoms with Gasteiger partial charge in [-0.15, -0.1) is 0 Å². The third-order valence-corrected chi connectivity index (χ3v) is 3.30. The minimum Gasteiger partial charge on any atom is -0.257 e. The summed E-state index contributed by atoms with van der Waals surface area (Å²) in [5.74, 6) is 0. The summed E-state index contributed by atoms with van der Waals surface area (Å²) in [5.41, 5.74) is 6.26. The molecule has 4 nitrogen and oxygen atoms in total. The van der Waals surface area contributed by atoms with Gasteiger partial charge in [-0.1, -0.05) is 0 Å². The molecule has 18 heavy (non-hydrogen) atoms. The third kappa shape index (κ3) is 1.78. The standard InChI is InChI=1S/C14H16N4/c1-8-6-14(13(7-15)11(4)16-8)18-12(5)9(2)10(3)17-18/h6H,1-5H3. The molecule has 0 spiro atoms. The van der Waals surface area contributed by atoms with Gasteiger partial charge in [-0.25, -0.2) is 4.68 Å². The van der Waals surface area contributed by atoms with Crippen LogP contribution in [0.5, 0.6) is 0 Å². The van der Waals surface area contributed by atoms with Crippen LogP contribution in [0.1, 0.15) is 33.9 Å². The van der Waals surface area contributed by atoms with Gasteiger partial charge in [0.15, 0.2) is 0 Å². The van der Waals surface area contributed by atoms with Crippen molar-refractivity contribution in [3.05, 3.63) is 40.0 Å². The number of aromatic nitrogens is 3. The van der Waals surface area contributed by atoms with E-state index >= 15 is 0 Å². The zero-order chi connectivity index (χ0) is 13.4. The number of aryl methyl sites for hydroxylation is 3. The number of hydrogen-bond donors (Lipinski definition) is 0. The molecule has 0 N–H and O–H groups in total. The highest BCUT2D eigenvalue weighted by atomic mass is 15.3. The first-order valence-corrected chi connectivity index (χ1v) is 5.87. The van der Waals surface area contributed by atoms with Crippen molar-refractivity contribution in [1.82, 2.24) is 14.8 Å². The molecule has 0 aliphatic heterocycles. The molecule has 4 heteroatoms. The van der Waals surface area contributed by atoms with Crippen molar-refractivity contribution in [1.29, 1.82) is 5.26 Å². The Kier molecular flexibility index (Phi) is 2.92. The average molecular weight is 240 g/mol. The average Bonchev–Trinajstić information content (AvgIpc) is 2.56. The van der Waals surface area contributed by atoms with E-state index in [0.29, 0.717) is 5.56 Å². The molecule has 0 aliphatic carbocycles. The zero-order valence-electron chi connectivity index (χ0n) is 11.4. The molecule has 0 fully saturated rings. The normalized spacial score (nSPS) is 10.4. The lowest BCUT2D eigenvalue weighted by molar-refractivity contribution is 0.823. The predicted octanol–water partition coefficient (Wildman–Crippen LogP) is 2.68. The maximum Gasteiger partial charge on any atom is 0.103 e. The summed E-state index contributed by atoms with van der Waals surface area (Å²) in [5, 5.41) is 13.8. The van der Waals surface area contributed by atoms with Gasteiger partial charge in [-0.3, -0.25) is 4.98 Å². The van der Waals surface area contributed by atoms with Gasteiger partial charge in [0.05, 0.1) is 22.6 Å². The van der Waals surface area contributed by atoms with E-state index < -0.39 is 0 Å². The molecule has 0 radical (unpaired) electrons. The summed E-state index contributed by atoms with van der Waals surface area (Å²) < 4.78 is 1.84. The van der Waals surface area contributed by atoms with Gasteiger partial charge in [0.25, 0.3) is 0 Å². The van der Waals surface area contributed by atoms with E-state index in [4.69, 9.17) is 0 Å². The molecule has 0 amide bonds. The summed E-state index contributed by atoms with van der Waals surface area (Å²) in [6.45, 7) is 9.82. The number of hydrogen-bond acceptors (Lipinski definition) is 3. The quantitative estimate of drug-likeness (QED) is 0.770. The van der Waals surface area contributed by atoms with Crippen molar-refractivity contribution in [3.63, 3.8) is 0 Å². The van der Waals surface area contributed by atoms with Gasteiger partial charge in [0.2, 0.25) is 0 Å². The maximum atomic E-state index is 9.29. The molecule has 0 bridgehead atoms. The highest BCUT2D eigenvalue weighted by Crippen LogP contribution is 2.21. The summed E-state index contributed by atoms with van der Waals surface area (Å²) in [6.07, 6.45) is 0. The van der Waals surface area contributed by atoms with E-state index in [9.17, 15) is 5.26 Å². The van der Waals surface area contributed by atoms with Crippen molar-refractivity contribution in [3.8, 4) is 11.8 Å². The second-order valence-corrected chi connectivity index (χ2v) is 4.56. The lowest BCUT2D eigenvalue weighted by Crippen LogP contribution is -2.06. The largest absolute Gasteiger partial charge is 0.257 e. The number of nitriles is 1. The topological polar surface area (TPSA) is 54.5 Å². The lowest BCUT2D eigenvalue weighted by Gasteiger charge is -2.09. The monoisotopic (exact) mass is 240 g/mol. The predicted molar refractivity (Wildman–Crippen MR) is 69.8 cm³/mol. The van der Waals surface area contributed by atoms with Crippen molar-refractivity contribution in [2.24, 2.45) is 0 Å². The van der Waals surface area contributed by atoms with Gasteiger partial charge in [-0.2, -0.15) is 10.4 Å². The zero-order valence-corrected chi connectivity index (χ0v) is 11.4. The number of pyridine rings is 1. The molecule has 2 aromatic heterocycles. The first-order chi connectivity index (χ1) is 8.45. The van der Waals surface area contributed by atoms with Crippen LogP contribution in [0.15, 0.2) is 6.07 Å². The maximum absolute atomic E-state index is 9.29. The molecule has 2 rings (SSSR count). The molecule has 0 atom stereocenters. The Balaban J connectivity index is 2.79. The number of nitrogens with zero attached hydrogens (tertiary/aromatic N) is 4. The first-order valence-electron chi connectivity index (χ1n) is 5.87. The van der Waals surface area contributed by atoms with Gasteiger partial charge in [0.1, 0.15) is 6.07 Å². The van der Waals surface area contributed by atoms with Crippen molar-refractivity contribution < 1.29 is 0 Å². The van der Waals surface area contributed by atoms with Crippen molar-refractivity contribution >= 4 is 0 Å². The van der Waals surface area contributed by atoms with Crippen LogP contribution in [-0.2, 0) is 0 Å². The highest BCUT2D eigenvalue weighted by Gasteiger charge is 2.15. The second-order valence-electron chi connectivity index (χ2n) is 4.56. The Hall–Kier alpha value is -2.15. The summed E-state index contributed by atoms with van der Waals surface area (Å²) in [4.78, 5) is 4.33. The van der Waals surface area contributed by atoms with Crippen LogP contribution in [0.3, 0.4) is 0 Å². The van der Waals surface area contributed by atoms with Crippen LogP contribution in [0.4, 0.5) is 0 Å². The fraction of sp³-hybridized carbons (Fsp3) is 0.357. The summed E-state index contributed by atoms with van der Waals surface area (Å²) in [6, 6.07) is 4.13. The third-order valence-electron chi connectivity index (χ3n) is 3.30. The van der Waals surface area contributed by atoms with Crippen LogP contribution >= 0.6 is 0 Å². The minimum absolute atomic E-state index is 0.589. The van der Waals surface area contributed by atoms with E-state index in [0.717, 1.165) is 34.0 Å². The molecule has 0 saturated carbocycles. The Morgan fingerprint density at radius 3 is 2.28 bits per heavy atom. The molecule has 2 aromatic rings. The van der Waals surface area contributed by atoms with Crippen LogP contribution in [-0.4, -0.2) is 14.8 Å². The Labute approximate surface area is 107 Å². The van der Waals surface area contributed by atoms with Crippen LogP contribution < -0.4 is 0 Å². The molecular weight excluding hydrogens is 224 g/mol. The lowest BCUT2D eigenvalue weighted by atomic mass is 10.1. The second kappa shape index (κ2) is 4.26. The number of rotatable bonds is 1. The van der Waals surface area contributed by atoms with E-state index in [2.05, 4.69) is 16.2 Å². The molecule has 0 aromatic carbocycles. The smallest absolute Gasteiger partial charge is 0.103 e. The summed E-state index contributed by atoms with van der Waals surface area (Å²) in [7, 11) is 0. The molecular formula is C14H16N4. The fourth-order valence-corrected chi connectivity index (χ4v) is 2.07. The molecule has 0 saturated heterocycles. The van der Waals surface area contributed by atoms with Crippen LogP contribution in [0.25, 0.3) is 5.69 Å². The fourth-order valence-electron chi connectivity index (χ4n) is 2.07. The van der Waals surface area contributed by atoms with Crippen LogP contribution in [0, 0.1) is 45.9 Å². The Bertz CT molecular complexity index is 659. The van der Waals surface area contributed by atoms with Gasteiger partial charge < -0.3 is 0 Å². The van der Waals surface area contributed by atoms with Gasteiger partial charge >= 0.3 is 0 Å². The van der Waals surface area contributed by atoms with E-state index in [-0.39, 0.29) is 0 Å². The van der Waals surface area contributed by atoms with E-state index in [1.807, 2.05) is 45.4 Å². The van der Waals surface area contributed by atoms with Gasteiger partial charge in [0, 0.05) is 11.4 Å². The van der Waals surface area contributed by atoms with Crippen LogP contribution in [0.2, 0.25) is 0 Å². The van der Waals surface area contributed by atoms with E-state index in [1.165, 1.54) is 0 Å². The highest BCUT2D eigenvalue weighted by molar-refractivity contribution is 5.52. The van der Waals surface area contributed by atoms with Crippen molar-refractivity contribution in [2.75, 3.05) is 0 Å². The van der Waals surface area contributed by atoms with Crippen molar-refractivity contribution in [2.45, 2.75) is 34.6 Å². The first kappa shape index (κ1) is 12.3. The Morgan fingerprint density at radius 1 is 1.11 bits per heavy atom. The SMILES string of the molecule is Cc1cc(-n2nc(C)c(C)c2C)c(C#N)c(C)n1. The Morgan fingerprint density at radius 2 is 1.78 bits per heavy atom. The van der Waals surface area contributed by atoms with E-state index in [1.54, 1.807) is 0 Å². The molecule has 92 valence electrons.